The summed E-state index contributed by atoms with van der Waals surface area (Å²) in [5.41, 5.74) is 5.81. The third-order valence-corrected chi connectivity index (χ3v) is 2.93. The number of hydrogen-bond donors (Lipinski definition) is 2. The maximum Gasteiger partial charge on any atom is 0.317 e. The highest BCUT2D eigenvalue weighted by atomic mass is 16.5. The number of aromatic nitrogens is 2. The molecule has 0 amide bonds. The summed E-state index contributed by atoms with van der Waals surface area (Å²) in [6.45, 7) is 4.03. The first-order valence-electron chi connectivity index (χ1n) is 6.21. The normalized spacial score (nSPS) is 28.1. The van der Waals surface area contributed by atoms with Gasteiger partial charge >= 0.3 is 6.01 Å². The quantitative estimate of drug-likeness (QED) is 0.365. The molecule has 3 N–H and O–H groups in total. The number of nitrogens with two attached hydrogens (primary N) is 1. The smallest absolute Gasteiger partial charge is 0.317 e. The van der Waals surface area contributed by atoms with Gasteiger partial charge in [0.2, 0.25) is 0 Å². The standard InChI is InChI=1S/C12H18N4O3/c1-7-5-9(6-8(2)18-7)19-12-14-4-3-10(15-12)11(13)16-17/h3-4,7-9,17H,5-6H2,1-2H3,(H2,13,16). The Morgan fingerprint density at radius 1 is 1.47 bits per heavy atom. The number of amidine groups is 1. The molecule has 0 spiro atoms. The second-order valence-corrected chi connectivity index (χ2v) is 4.68. The van der Waals surface area contributed by atoms with Crippen molar-refractivity contribution < 1.29 is 14.7 Å². The van der Waals surface area contributed by atoms with Gasteiger partial charge in [0.25, 0.3) is 0 Å². The molecule has 2 atom stereocenters. The first-order valence-corrected chi connectivity index (χ1v) is 6.21. The molecule has 1 saturated heterocycles. The van der Waals surface area contributed by atoms with E-state index in [4.69, 9.17) is 20.4 Å². The highest BCUT2D eigenvalue weighted by Gasteiger charge is 2.26. The van der Waals surface area contributed by atoms with E-state index in [9.17, 15) is 0 Å². The van der Waals surface area contributed by atoms with Gasteiger partial charge in [0.05, 0.1) is 12.2 Å². The average molecular weight is 266 g/mol. The van der Waals surface area contributed by atoms with Crippen molar-refractivity contribution in [3.05, 3.63) is 18.0 Å². The van der Waals surface area contributed by atoms with Gasteiger partial charge in [-0.2, -0.15) is 4.98 Å². The summed E-state index contributed by atoms with van der Waals surface area (Å²) in [7, 11) is 0. The fourth-order valence-corrected chi connectivity index (χ4v) is 2.18. The van der Waals surface area contributed by atoms with Gasteiger partial charge in [-0.3, -0.25) is 0 Å². The van der Waals surface area contributed by atoms with Crippen molar-refractivity contribution in [2.75, 3.05) is 0 Å². The van der Waals surface area contributed by atoms with E-state index in [0.717, 1.165) is 12.8 Å². The van der Waals surface area contributed by atoms with Crippen molar-refractivity contribution in [2.45, 2.75) is 45.0 Å². The summed E-state index contributed by atoms with van der Waals surface area (Å²) in [6.07, 6.45) is 3.42. The van der Waals surface area contributed by atoms with Crippen LogP contribution in [0.25, 0.3) is 0 Å². The molecular weight excluding hydrogens is 248 g/mol. The van der Waals surface area contributed by atoms with Crippen LogP contribution >= 0.6 is 0 Å². The molecular formula is C12H18N4O3. The van der Waals surface area contributed by atoms with Crippen LogP contribution in [0, 0.1) is 0 Å². The Labute approximate surface area is 111 Å². The lowest BCUT2D eigenvalue weighted by molar-refractivity contribution is -0.0738. The first kappa shape index (κ1) is 13.5. The molecule has 1 aliphatic heterocycles. The van der Waals surface area contributed by atoms with Gasteiger partial charge < -0.3 is 20.4 Å². The Morgan fingerprint density at radius 2 is 2.16 bits per heavy atom. The minimum absolute atomic E-state index is 0.0151. The zero-order valence-corrected chi connectivity index (χ0v) is 11.0. The number of ether oxygens (including phenoxy) is 2. The Bertz CT molecular complexity index is 456. The predicted molar refractivity (Wildman–Crippen MR) is 68.2 cm³/mol. The van der Waals surface area contributed by atoms with E-state index in [1.165, 1.54) is 6.20 Å². The second-order valence-electron chi connectivity index (χ2n) is 4.68. The van der Waals surface area contributed by atoms with Crippen LogP contribution in [0.1, 0.15) is 32.4 Å². The second kappa shape index (κ2) is 5.83. The van der Waals surface area contributed by atoms with Gasteiger partial charge in [0.1, 0.15) is 11.8 Å². The maximum absolute atomic E-state index is 8.62. The van der Waals surface area contributed by atoms with E-state index in [-0.39, 0.29) is 30.2 Å². The molecule has 1 aliphatic rings. The van der Waals surface area contributed by atoms with Crippen molar-refractivity contribution in [3.63, 3.8) is 0 Å². The molecule has 7 nitrogen and oxygen atoms in total. The molecule has 0 aromatic carbocycles. The average Bonchev–Trinajstić information content (AvgIpc) is 2.37. The minimum Gasteiger partial charge on any atom is -0.460 e. The van der Waals surface area contributed by atoms with E-state index in [2.05, 4.69) is 15.1 Å². The van der Waals surface area contributed by atoms with E-state index < -0.39 is 0 Å². The van der Waals surface area contributed by atoms with Crippen LogP contribution in [-0.2, 0) is 4.74 Å². The van der Waals surface area contributed by atoms with Gasteiger partial charge in [0.15, 0.2) is 5.84 Å². The lowest BCUT2D eigenvalue weighted by atomic mass is 10.0. The van der Waals surface area contributed by atoms with E-state index in [1.54, 1.807) is 6.07 Å². The Kier molecular flexibility index (Phi) is 4.16. The van der Waals surface area contributed by atoms with Gasteiger partial charge in [0, 0.05) is 19.0 Å². The van der Waals surface area contributed by atoms with Gasteiger partial charge in [-0.05, 0) is 19.9 Å². The van der Waals surface area contributed by atoms with Crippen molar-refractivity contribution >= 4 is 5.84 Å². The third-order valence-electron chi connectivity index (χ3n) is 2.93. The monoisotopic (exact) mass is 266 g/mol. The molecule has 1 aromatic rings. The summed E-state index contributed by atoms with van der Waals surface area (Å²) < 4.78 is 11.4. The summed E-state index contributed by atoms with van der Waals surface area (Å²) in [4.78, 5) is 8.13. The van der Waals surface area contributed by atoms with Gasteiger partial charge in [-0.1, -0.05) is 5.16 Å². The summed E-state index contributed by atoms with van der Waals surface area (Å²) in [5.74, 6) is -0.0686. The molecule has 19 heavy (non-hydrogen) atoms. The van der Waals surface area contributed by atoms with Crippen molar-refractivity contribution in [2.24, 2.45) is 10.9 Å². The lowest BCUT2D eigenvalue weighted by Gasteiger charge is -2.31. The zero-order chi connectivity index (χ0) is 13.8. The Morgan fingerprint density at radius 3 is 2.79 bits per heavy atom. The molecule has 0 bridgehead atoms. The van der Waals surface area contributed by atoms with E-state index >= 15 is 0 Å². The molecule has 0 saturated carbocycles. The van der Waals surface area contributed by atoms with Crippen LogP contribution < -0.4 is 10.5 Å². The fraction of sp³-hybridized carbons (Fsp3) is 0.583. The van der Waals surface area contributed by atoms with Gasteiger partial charge in [-0.15, -0.1) is 0 Å². The summed E-state index contributed by atoms with van der Waals surface area (Å²) in [5, 5.41) is 11.5. The SMILES string of the molecule is CC1CC(Oc2nccc(/C(N)=N/O)n2)CC(C)O1. The number of nitrogens with zero attached hydrogens (tertiary/aromatic N) is 3. The van der Waals surface area contributed by atoms with Crippen LogP contribution in [0.5, 0.6) is 6.01 Å². The highest BCUT2D eigenvalue weighted by Crippen LogP contribution is 2.22. The zero-order valence-electron chi connectivity index (χ0n) is 11.0. The lowest BCUT2D eigenvalue weighted by Crippen LogP contribution is -2.36. The van der Waals surface area contributed by atoms with Gasteiger partial charge in [-0.25, -0.2) is 4.98 Å². The van der Waals surface area contributed by atoms with Crippen molar-refractivity contribution in [1.29, 1.82) is 0 Å². The largest absolute Gasteiger partial charge is 0.460 e. The molecule has 2 rings (SSSR count). The minimum atomic E-state index is -0.0686. The maximum atomic E-state index is 8.62. The molecule has 1 aromatic heterocycles. The van der Waals surface area contributed by atoms with Crippen molar-refractivity contribution in [1.82, 2.24) is 9.97 Å². The number of rotatable bonds is 3. The van der Waals surface area contributed by atoms with Crippen LogP contribution in [0.3, 0.4) is 0 Å². The molecule has 1 fully saturated rings. The fourth-order valence-electron chi connectivity index (χ4n) is 2.18. The molecule has 0 aliphatic carbocycles. The highest BCUT2D eigenvalue weighted by molar-refractivity contribution is 5.95. The number of oxime groups is 1. The predicted octanol–water partition coefficient (Wildman–Crippen LogP) is 0.906. The topological polar surface area (TPSA) is 103 Å². The molecule has 0 radical (unpaired) electrons. The van der Waals surface area contributed by atoms with E-state index in [1.807, 2.05) is 13.8 Å². The third kappa shape index (κ3) is 3.54. The summed E-state index contributed by atoms with van der Waals surface area (Å²) >= 11 is 0. The molecule has 2 heterocycles. The van der Waals surface area contributed by atoms with Crippen LogP contribution in [0.15, 0.2) is 17.4 Å². The molecule has 7 heteroatoms. The van der Waals surface area contributed by atoms with Crippen LogP contribution in [0.2, 0.25) is 0 Å². The Balaban J connectivity index is 2.06. The van der Waals surface area contributed by atoms with Crippen LogP contribution in [0.4, 0.5) is 0 Å². The van der Waals surface area contributed by atoms with Crippen molar-refractivity contribution in [3.8, 4) is 6.01 Å². The number of hydrogen-bond acceptors (Lipinski definition) is 6. The van der Waals surface area contributed by atoms with Crippen LogP contribution in [-0.4, -0.2) is 39.3 Å². The van der Waals surface area contributed by atoms with E-state index in [0.29, 0.717) is 5.69 Å². The Hall–Kier alpha value is -1.89. The summed E-state index contributed by atoms with van der Waals surface area (Å²) in [6, 6.07) is 1.78. The molecule has 104 valence electrons. The molecule has 2 unspecified atom stereocenters. The first-order chi connectivity index (χ1) is 9.08.